The molecule has 0 fully saturated rings. The van der Waals surface area contributed by atoms with Crippen LogP contribution in [0.2, 0.25) is 0 Å². The van der Waals surface area contributed by atoms with Crippen molar-refractivity contribution in [3.63, 3.8) is 0 Å². The summed E-state index contributed by atoms with van der Waals surface area (Å²) in [6, 6.07) is 14.0. The van der Waals surface area contributed by atoms with E-state index in [1.807, 2.05) is 12.1 Å². The lowest BCUT2D eigenvalue weighted by Crippen LogP contribution is -2.24. The van der Waals surface area contributed by atoms with E-state index in [0.29, 0.717) is 5.69 Å². The second-order valence-corrected chi connectivity index (χ2v) is 5.32. The zero-order valence-electron chi connectivity index (χ0n) is 12.4. The summed E-state index contributed by atoms with van der Waals surface area (Å²) >= 11 is 0. The number of carbonyl (C=O) groups excluding carboxylic acids is 2. The summed E-state index contributed by atoms with van der Waals surface area (Å²) in [5, 5.41) is 9.46. The second-order valence-electron chi connectivity index (χ2n) is 5.32. The third kappa shape index (κ3) is 1.66. The van der Waals surface area contributed by atoms with Crippen LogP contribution in [0.3, 0.4) is 0 Å². The molecule has 1 aromatic carbocycles. The van der Waals surface area contributed by atoms with E-state index in [9.17, 15) is 14.9 Å². The molecule has 0 saturated carbocycles. The monoisotopic (exact) mass is 314 g/mol. The largest absolute Gasteiger partial charge is 0.384 e. The van der Waals surface area contributed by atoms with E-state index in [2.05, 4.69) is 4.98 Å². The second kappa shape index (κ2) is 4.89. The lowest BCUT2D eigenvalue weighted by atomic mass is 9.89. The van der Waals surface area contributed by atoms with Crippen molar-refractivity contribution in [2.45, 2.75) is 0 Å². The van der Waals surface area contributed by atoms with Gasteiger partial charge in [-0.15, -0.1) is 0 Å². The third-order valence-electron chi connectivity index (χ3n) is 4.04. The Labute approximate surface area is 136 Å². The molecule has 3 aromatic rings. The minimum atomic E-state index is -0.419. The molecule has 2 N–H and O–H groups in total. The van der Waals surface area contributed by atoms with Crippen molar-refractivity contribution >= 4 is 17.4 Å². The van der Waals surface area contributed by atoms with E-state index in [0.717, 1.165) is 0 Å². The predicted molar refractivity (Wildman–Crippen MR) is 86.0 cm³/mol. The maximum absolute atomic E-state index is 12.9. The Morgan fingerprint density at radius 3 is 2.50 bits per heavy atom. The SMILES string of the molecule is N#Cc1c2c(n(-c3ccccc3)c1N)C(=O)c1ncccc1C2=O. The van der Waals surface area contributed by atoms with E-state index in [-0.39, 0.29) is 33.9 Å². The Bertz CT molecular complexity index is 1060. The molecule has 114 valence electrons. The summed E-state index contributed by atoms with van der Waals surface area (Å²) in [4.78, 5) is 29.8. The Morgan fingerprint density at radius 2 is 1.79 bits per heavy atom. The van der Waals surface area contributed by atoms with E-state index >= 15 is 0 Å². The van der Waals surface area contributed by atoms with E-state index in [1.165, 1.54) is 16.8 Å². The van der Waals surface area contributed by atoms with Crippen molar-refractivity contribution < 1.29 is 9.59 Å². The van der Waals surface area contributed by atoms with Crippen LogP contribution >= 0.6 is 0 Å². The molecule has 0 spiro atoms. The minimum absolute atomic E-state index is 0.0155. The van der Waals surface area contributed by atoms with Gasteiger partial charge in [0.05, 0.1) is 11.1 Å². The van der Waals surface area contributed by atoms with Gasteiger partial charge in [0.1, 0.15) is 28.8 Å². The Hall–Kier alpha value is -3.72. The van der Waals surface area contributed by atoms with Gasteiger partial charge >= 0.3 is 0 Å². The van der Waals surface area contributed by atoms with Gasteiger partial charge in [-0.05, 0) is 24.3 Å². The first kappa shape index (κ1) is 13.9. The van der Waals surface area contributed by atoms with Gasteiger partial charge < -0.3 is 5.73 Å². The van der Waals surface area contributed by atoms with Crippen molar-refractivity contribution in [1.29, 1.82) is 5.26 Å². The summed E-state index contributed by atoms with van der Waals surface area (Å²) in [5.74, 6) is -0.758. The van der Waals surface area contributed by atoms with Crippen molar-refractivity contribution in [3.8, 4) is 11.8 Å². The maximum Gasteiger partial charge on any atom is 0.229 e. The molecule has 0 bridgehead atoms. The van der Waals surface area contributed by atoms with Gasteiger partial charge in [-0.2, -0.15) is 5.26 Å². The molecule has 2 heterocycles. The van der Waals surface area contributed by atoms with Gasteiger partial charge in [0.25, 0.3) is 0 Å². The lowest BCUT2D eigenvalue weighted by molar-refractivity contribution is 0.0971. The molecule has 0 unspecified atom stereocenters. The van der Waals surface area contributed by atoms with Crippen LogP contribution in [0.4, 0.5) is 5.82 Å². The summed E-state index contributed by atoms with van der Waals surface area (Å²) < 4.78 is 1.45. The number of hydrogen-bond acceptors (Lipinski definition) is 5. The summed E-state index contributed by atoms with van der Waals surface area (Å²) in [5.41, 5.74) is 7.13. The van der Waals surface area contributed by atoms with Crippen LogP contribution in [0.1, 0.15) is 37.7 Å². The molecule has 0 aliphatic heterocycles. The van der Waals surface area contributed by atoms with Crippen LogP contribution in [0.25, 0.3) is 5.69 Å². The van der Waals surface area contributed by atoms with E-state index in [4.69, 9.17) is 5.73 Å². The third-order valence-corrected chi connectivity index (χ3v) is 4.04. The minimum Gasteiger partial charge on any atom is -0.384 e. The smallest absolute Gasteiger partial charge is 0.229 e. The molecule has 4 rings (SSSR count). The topological polar surface area (TPSA) is 102 Å². The molecule has 0 atom stereocenters. The fourth-order valence-electron chi connectivity index (χ4n) is 3.00. The number of carbonyl (C=O) groups is 2. The molecule has 2 aromatic heterocycles. The molecule has 6 nitrogen and oxygen atoms in total. The molecule has 0 amide bonds. The first-order valence-electron chi connectivity index (χ1n) is 7.19. The fraction of sp³-hybridized carbons (Fsp3) is 0. The number of hydrogen-bond donors (Lipinski definition) is 1. The molecule has 1 aliphatic carbocycles. The zero-order valence-corrected chi connectivity index (χ0v) is 12.4. The number of nitrogen functional groups attached to an aromatic ring is 1. The predicted octanol–water partition coefficient (Wildman–Crippen LogP) is 2.10. The summed E-state index contributed by atoms with van der Waals surface area (Å²) in [6.45, 7) is 0. The first-order chi connectivity index (χ1) is 11.6. The van der Waals surface area contributed by atoms with Crippen LogP contribution in [0.5, 0.6) is 0 Å². The number of fused-ring (bicyclic) bond motifs is 2. The van der Waals surface area contributed by atoms with Crippen LogP contribution in [0, 0.1) is 11.3 Å². The Kier molecular flexibility index (Phi) is 2.84. The highest BCUT2D eigenvalue weighted by atomic mass is 16.1. The van der Waals surface area contributed by atoms with Crippen LogP contribution < -0.4 is 5.73 Å². The molecule has 24 heavy (non-hydrogen) atoms. The van der Waals surface area contributed by atoms with Crippen molar-refractivity contribution in [2.24, 2.45) is 0 Å². The van der Waals surface area contributed by atoms with Crippen LogP contribution in [0.15, 0.2) is 48.7 Å². The molecular formula is C18H10N4O2. The van der Waals surface area contributed by atoms with E-state index < -0.39 is 11.6 Å². The number of nitriles is 1. The number of anilines is 1. The van der Waals surface area contributed by atoms with Crippen LogP contribution in [-0.4, -0.2) is 21.1 Å². The molecule has 1 aliphatic rings. The normalized spacial score (nSPS) is 12.5. The number of para-hydroxylation sites is 1. The van der Waals surface area contributed by atoms with Gasteiger partial charge in [0.2, 0.25) is 5.78 Å². The maximum atomic E-state index is 12.9. The average molecular weight is 314 g/mol. The van der Waals surface area contributed by atoms with Gasteiger partial charge in [0, 0.05) is 11.9 Å². The zero-order chi connectivity index (χ0) is 16.8. The van der Waals surface area contributed by atoms with Gasteiger partial charge in [-0.25, -0.2) is 0 Å². The molecular weight excluding hydrogens is 304 g/mol. The number of rotatable bonds is 1. The van der Waals surface area contributed by atoms with Crippen molar-refractivity contribution in [3.05, 3.63) is 76.7 Å². The van der Waals surface area contributed by atoms with Crippen LogP contribution in [-0.2, 0) is 0 Å². The standard InChI is InChI=1S/C18H10N4O2/c19-9-12-13-15(22(18(12)20)10-5-2-1-3-6-10)17(24)14-11(16(13)23)7-4-8-21-14/h1-8H,20H2. The fourth-order valence-corrected chi connectivity index (χ4v) is 3.00. The first-order valence-corrected chi connectivity index (χ1v) is 7.19. The number of pyridine rings is 1. The Balaban J connectivity index is 2.12. The number of ketones is 2. The number of aromatic nitrogens is 2. The average Bonchev–Trinajstić information content (AvgIpc) is 2.93. The quantitative estimate of drug-likeness (QED) is 0.579. The Morgan fingerprint density at radius 1 is 1.04 bits per heavy atom. The van der Waals surface area contributed by atoms with Crippen molar-refractivity contribution in [2.75, 3.05) is 5.73 Å². The highest BCUT2D eigenvalue weighted by Crippen LogP contribution is 2.35. The summed E-state index contributed by atoms with van der Waals surface area (Å²) in [6.07, 6.45) is 1.46. The van der Waals surface area contributed by atoms with Gasteiger partial charge in [-0.1, -0.05) is 18.2 Å². The number of nitrogens with zero attached hydrogens (tertiary/aromatic N) is 3. The van der Waals surface area contributed by atoms with E-state index in [1.54, 1.807) is 30.3 Å². The van der Waals surface area contributed by atoms with Gasteiger partial charge in [-0.3, -0.25) is 19.1 Å². The summed E-state index contributed by atoms with van der Waals surface area (Å²) in [7, 11) is 0. The highest BCUT2D eigenvalue weighted by Gasteiger charge is 2.38. The lowest BCUT2D eigenvalue weighted by Gasteiger charge is -2.16. The molecule has 0 radical (unpaired) electrons. The number of nitrogens with two attached hydrogens (primary N) is 1. The van der Waals surface area contributed by atoms with Gasteiger partial charge in [0.15, 0.2) is 5.78 Å². The highest BCUT2D eigenvalue weighted by molar-refractivity contribution is 6.28. The number of benzene rings is 1. The molecule has 6 heteroatoms. The van der Waals surface area contributed by atoms with Crippen molar-refractivity contribution in [1.82, 2.24) is 9.55 Å². The molecule has 0 saturated heterocycles.